The quantitative estimate of drug-likeness (QED) is 0.695. The average molecular weight is 277 g/mol. The Labute approximate surface area is 115 Å². The van der Waals surface area contributed by atoms with Gasteiger partial charge in [0, 0.05) is 25.4 Å². The smallest absolute Gasteiger partial charge is 0.358 e. The van der Waals surface area contributed by atoms with E-state index in [2.05, 4.69) is 20.6 Å². The molecule has 0 amide bonds. The van der Waals surface area contributed by atoms with Crippen molar-refractivity contribution >= 4 is 5.97 Å². The fourth-order valence-corrected chi connectivity index (χ4v) is 1.60. The third-order valence-electron chi connectivity index (χ3n) is 2.61. The van der Waals surface area contributed by atoms with Gasteiger partial charge in [-0.1, -0.05) is 5.21 Å². The van der Waals surface area contributed by atoms with Crippen LogP contribution in [0.25, 0.3) is 0 Å². The number of hydrogen-bond acceptors (Lipinski definition) is 6. The lowest BCUT2D eigenvalue weighted by molar-refractivity contribution is 0.0690. The summed E-state index contributed by atoms with van der Waals surface area (Å²) >= 11 is 0. The molecule has 2 aromatic rings. The Bertz CT molecular complexity index is 584. The maximum absolute atomic E-state index is 10.6. The molecule has 0 aliphatic heterocycles. The van der Waals surface area contributed by atoms with E-state index in [0.29, 0.717) is 25.5 Å². The fraction of sp³-hybridized carbons (Fsp3) is 0.333. The Morgan fingerprint density at radius 1 is 1.55 bits per heavy atom. The number of carbonyl (C=O) groups is 1. The van der Waals surface area contributed by atoms with Gasteiger partial charge in [0.2, 0.25) is 5.88 Å². The van der Waals surface area contributed by atoms with Gasteiger partial charge >= 0.3 is 5.97 Å². The van der Waals surface area contributed by atoms with Gasteiger partial charge < -0.3 is 15.2 Å². The van der Waals surface area contributed by atoms with E-state index in [1.54, 1.807) is 13.3 Å². The van der Waals surface area contributed by atoms with E-state index in [0.717, 1.165) is 5.56 Å². The van der Waals surface area contributed by atoms with Gasteiger partial charge in [0.1, 0.15) is 0 Å². The van der Waals surface area contributed by atoms with Crippen molar-refractivity contribution in [3.8, 4) is 5.88 Å². The van der Waals surface area contributed by atoms with Crippen molar-refractivity contribution in [2.75, 3.05) is 13.7 Å². The second kappa shape index (κ2) is 6.62. The molecule has 0 bridgehead atoms. The molecule has 0 radical (unpaired) electrons. The van der Waals surface area contributed by atoms with Gasteiger partial charge in [-0.2, -0.15) is 0 Å². The second-order valence-corrected chi connectivity index (χ2v) is 4.06. The van der Waals surface area contributed by atoms with Gasteiger partial charge in [0.05, 0.1) is 19.9 Å². The lowest BCUT2D eigenvalue weighted by Gasteiger charge is -2.05. The molecule has 0 atom stereocenters. The predicted octanol–water partition coefficient (Wildman–Crippen LogP) is 0.170. The van der Waals surface area contributed by atoms with Gasteiger partial charge in [-0.3, -0.25) is 4.68 Å². The Morgan fingerprint density at radius 2 is 2.40 bits per heavy atom. The molecule has 0 aliphatic carbocycles. The highest BCUT2D eigenvalue weighted by Gasteiger charge is 2.07. The van der Waals surface area contributed by atoms with Crippen LogP contribution in [-0.4, -0.2) is 44.7 Å². The number of rotatable bonds is 7. The molecule has 2 N–H and O–H groups in total. The first-order chi connectivity index (χ1) is 9.69. The Kier molecular flexibility index (Phi) is 4.61. The lowest BCUT2D eigenvalue weighted by Crippen LogP contribution is -2.19. The molecule has 2 heterocycles. The number of nitrogens with zero attached hydrogens (tertiary/aromatic N) is 4. The predicted molar refractivity (Wildman–Crippen MR) is 69.5 cm³/mol. The first-order valence-corrected chi connectivity index (χ1v) is 6.02. The third kappa shape index (κ3) is 3.75. The zero-order valence-electron chi connectivity index (χ0n) is 11.0. The third-order valence-corrected chi connectivity index (χ3v) is 2.61. The van der Waals surface area contributed by atoms with E-state index in [1.807, 2.05) is 12.1 Å². The average Bonchev–Trinajstić information content (AvgIpc) is 2.93. The lowest BCUT2D eigenvalue weighted by atomic mass is 10.2. The first kappa shape index (κ1) is 13.9. The molecule has 0 spiro atoms. The van der Waals surface area contributed by atoms with E-state index in [4.69, 9.17) is 9.84 Å². The molecule has 106 valence electrons. The zero-order valence-corrected chi connectivity index (χ0v) is 11.0. The van der Waals surface area contributed by atoms with Crippen molar-refractivity contribution < 1.29 is 14.6 Å². The monoisotopic (exact) mass is 277 g/mol. The Morgan fingerprint density at radius 3 is 3.10 bits per heavy atom. The molecule has 2 rings (SSSR count). The number of hydrogen-bond donors (Lipinski definition) is 2. The molecule has 0 saturated carbocycles. The number of carboxylic acid groups (broad SMARTS) is 1. The standard InChI is InChI=1S/C12H15N5O3/c1-20-11-6-9(2-3-14-11)7-13-4-5-17-8-10(12(18)19)15-16-17/h2-3,6,8,13H,4-5,7H2,1H3,(H,18,19). The number of pyridine rings is 1. The van der Waals surface area contributed by atoms with Gasteiger partial charge in [-0.25, -0.2) is 9.78 Å². The van der Waals surface area contributed by atoms with Crippen molar-refractivity contribution in [3.05, 3.63) is 35.8 Å². The molecule has 20 heavy (non-hydrogen) atoms. The van der Waals surface area contributed by atoms with Crippen molar-refractivity contribution in [3.63, 3.8) is 0 Å². The van der Waals surface area contributed by atoms with E-state index in [1.165, 1.54) is 10.9 Å². The summed E-state index contributed by atoms with van der Waals surface area (Å²) < 4.78 is 6.53. The van der Waals surface area contributed by atoms with E-state index < -0.39 is 5.97 Å². The second-order valence-electron chi connectivity index (χ2n) is 4.06. The number of nitrogens with one attached hydrogen (secondary N) is 1. The minimum atomic E-state index is -1.08. The van der Waals surface area contributed by atoms with E-state index in [9.17, 15) is 4.79 Å². The van der Waals surface area contributed by atoms with Crippen molar-refractivity contribution in [2.24, 2.45) is 0 Å². The summed E-state index contributed by atoms with van der Waals surface area (Å²) in [6.07, 6.45) is 3.09. The number of ether oxygens (including phenoxy) is 1. The number of methoxy groups -OCH3 is 1. The molecule has 2 aromatic heterocycles. The van der Waals surface area contributed by atoms with Crippen molar-refractivity contribution in [2.45, 2.75) is 13.1 Å². The zero-order chi connectivity index (χ0) is 14.4. The summed E-state index contributed by atoms with van der Waals surface area (Å²) in [6, 6.07) is 3.75. The topological polar surface area (TPSA) is 102 Å². The molecular weight excluding hydrogens is 262 g/mol. The van der Waals surface area contributed by atoms with Gasteiger partial charge in [0.15, 0.2) is 5.69 Å². The molecule has 0 saturated heterocycles. The molecule has 8 nitrogen and oxygen atoms in total. The van der Waals surface area contributed by atoms with Crippen molar-refractivity contribution in [1.29, 1.82) is 0 Å². The summed E-state index contributed by atoms with van der Waals surface area (Å²) in [7, 11) is 1.57. The maximum atomic E-state index is 10.6. The molecule has 0 fully saturated rings. The van der Waals surface area contributed by atoms with Gasteiger partial charge in [-0.05, 0) is 11.6 Å². The fourth-order valence-electron chi connectivity index (χ4n) is 1.60. The maximum Gasteiger partial charge on any atom is 0.358 e. The number of aromatic nitrogens is 4. The van der Waals surface area contributed by atoms with Crippen LogP contribution in [0.5, 0.6) is 5.88 Å². The highest BCUT2D eigenvalue weighted by atomic mass is 16.5. The van der Waals surface area contributed by atoms with Gasteiger partial charge in [0.25, 0.3) is 0 Å². The van der Waals surface area contributed by atoms with Crippen LogP contribution in [0, 0.1) is 0 Å². The van der Waals surface area contributed by atoms with Gasteiger partial charge in [-0.15, -0.1) is 5.10 Å². The molecule has 0 unspecified atom stereocenters. The highest BCUT2D eigenvalue weighted by molar-refractivity contribution is 5.84. The highest BCUT2D eigenvalue weighted by Crippen LogP contribution is 2.07. The summed E-state index contributed by atoms with van der Waals surface area (Å²) in [4.78, 5) is 14.7. The van der Waals surface area contributed by atoms with Crippen LogP contribution in [0.3, 0.4) is 0 Å². The summed E-state index contributed by atoms with van der Waals surface area (Å²) in [5.41, 5.74) is 1.01. The Balaban J connectivity index is 1.76. The summed E-state index contributed by atoms with van der Waals surface area (Å²) in [5.74, 6) is -0.500. The molecule has 0 aromatic carbocycles. The largest absolute Gasteiger partial charge is 0.481 e. The molecule has 8 heteroatoms. The van der Waals surface area contributed by atoms with Crippen molar-refractivity contribution in [1.82, 2.24) is 25.3 Å². The molecule has 0 aliphatic rings. The minimum Gasteiger partial charge on any atom is -0.481 e. The van der Waals surface area contributed by atoms with Crippen LogP contribution in [0.2, 0.25) is 0 Å². The number of carboxylic acids is 1. The van der Waals surface area contributed by atoms with Crippen LogP contribution in [0.15, 0.2) is 24.5 Å². The normalized spacial score (nSPS) is 10.4. The van der Waals surface area contributed by atoms with Crippen LogP contribution in [-0.2, 0) is 13.1 Å². The Hall–Kier alpha value is -2.48. The minimum absolute atomic E-state index is 0.0520. The van der Waals surface area contributed by atoms with E-state index in [-0.39, 0.29) is 5.69 Å². The van der Waals surface area contributed by atoms with Crippen LogP contribution in [0.4, 0.5) is 0 Å². The molecular formula is C12H15N5O3. The van der Waals surface area contributed by atoms with Crippen LogP contribution >= 0.6 is 0 Å². The summed E-state index contributed by atoms with van der Waals surface area (Å²) in [6.45, 7) is 1.86. The number of aromatic carboxylic acids is 1. The van der Waals surface area contributed by atoms with Crippen LogP contribution < -0.4 is 10.1 Å². The van der Waals surface area contributed by atoms with Crippen LogP contribution in [0.1, 0.15) is 16.1 Å². The first-order valence-electron chi connectivity index (χ1n) is 6.02. The summed E-state index contributed by atoms with van der Waals surface area (Å²) in [5, 5.41) is 19.2. The SMILES string of the molecule is COc1cc(CNCCn2cc(C(=O)O)nn2)ccn1. The van der Waals surface area contributed by atoms with E-state index >= 15 is 0 Å².